The van der Waals surface area contributed by atoms with E-state index in [-0.39, 0.29) is 6.61 Å². The molecular formula is C10H17NOS. The Morgan fingerprint density at radius 3 is 2.38 bits per heavy atom. The zero-order chi connectivity index (χ0) is 10.1. The number of hydrogen-bond acceptors (Lipinski definition) is 3. The first-order valence-electron chi connectivity index (χ1n) is 4.48. The lowest BCUT2D eigenvalue weighted by molar-refractivity contribution is 0.281. The Morgan fingerprint density at radius 1 is 1.38 bits per heavy atom. The van der Waals surface area contributed by atoms with Crippen LogP contribution in [0, 0.1) is 12.3 Å². The van der Waals surface area contributed by atoms with Gasteiger partial charge in [0.2, 0.25) is 0 Å². The molecule has 0 radical (unpaired) electrons. The highest BCUT2D eigenvalue weighted by atomic mass is 32.1. The molecule has 1 N–H and O–H groups in total. The van der Waals surface area contributed by atoms with Crippen LogP contribution in [0.5, 0.6) is 0 Å². The smallest absolute Gasteiger partial charge is 0.119 e. The van der Waals surface area contributed by atoms with E-state index in [1.807, 2.05) is 6.92 Å². The number of thiazole rings is 1. The number of rotatable bonds is 2. The quantitative estimate of drug-likeness (QED) is 0.794. The molecule has 1 rings (SSSR count). The van der Waals surface area contributed by atoms with Gasteiger partial charge in [-0.2, -0.15) is 0 Å². The Bertz CT molecular complexity index is 286. The maximum Gasteiger partial charge on any atom is 0.119 e. The molecule has 13 heavy (non-hydrogen) atoms. The van der Waals surface area contributed by atoms with Crippen LogP contribution in [0.1, 0.15) is 36.3 Å². The van der Waals surface area contributed by atoms with Crippen molar-refractivity contribution in [2.24, 2.45) is 5.41 Å². The summed E-state index contributed by atoms with van der Waals surface area (Å²) in [4.78, 5) is 5.58. The highest BCUT2D eigenvalue weighted by Crippen LogP contribution is 2.27. The summed E-state index contributed by atoms with van der Waals surface area (Å²) in [5.74, 6) is 0. The molecule has 74 valence electrons. The summed E-state index contributed by atoms with van der Waals surface area (Å²) in [7, 11) is 0. The summed E-state index contributed by atoms with van der Waals surface area (Å²) >= 11 is 1.63. The number of aryl methyl sites for hydroxylation is 1. The lowest BCUT2D eigenvalue weighted by Gasteiger charge is -2.16. The monoisotopic (exact) mass is 199 g/mol. The standard InChI is InChI=1S/C10H17NOS/c1-7-8(5-10(2,3)4)13-9(6-12)11-7/h12H,5-6H2,1-4H3. The van der Waals surface area contributed by atoms with E-state index in [9.17, 15) is 0 Å². The lowest BCUT2D eigenvalue weighted by Crippen LogP contribution is -2.08. The van der Waals surface area contributed by atoms with Crippen molar-refractivity contribution in [3.8, 4) is 0 Å². The van der Waals surface area contributed by atoms with E-state index in [4.69, 9.17) is 5.11 Å². The number of nitrogens with zero attached hydrogens (tertiary/aromatic N) is 1. The number of aromatic nitrogens is 1. The molecule has 0 aliphatic carbocycles. The second-order valence-corrected chi connectivity index (χ2v) is 5.68. The first-order chi connectivity index (χ1) is 5.92. The predicted molar refractivity (Wildman–Crippen MR) is 55.9 cm³/mol. The van der Waals surface area contributed by atoms with Gasteiger partial charge < -0.3 is 5.11 Å². The highest BCUT2D eigenvalue weighted by molar-refractivity contribution is 7.11. The summed E-state index contributed by atoms with van der Waals surface area (Å²) in [6, 6.07) is 0. The minimum atomic E-state index is 0.0651. The van der Waals surface area contributed by atoms with Gasteiger partial charge in [-0.1, -0.05) is 20.8 Å². The molecule has 0 aromatic carbocycles. The molecule has 0 spiro atoms. The van der Waals surface area contributed by atoms with Crippen molar-refractivity contribution in [3.63, 3.8) is 0 Å². The minimum absolute atomic E-state index is 0.0651. The maximum atomic E-state index is 8.92. The summed E-state index contributed by atoms with van der Waals surface area (Å²) in [5.41, 5.74) is 1.37. The van der Waals surface area contributed by atoms with Crippen LogP contribution in [-0.2, 0) is 13.0 Å². The second kappa shape index (κ2) is 3.76. The van der Waals surface area contributed by atoms with Crippen LogP contribution in [0.25, 0.3) is 0 Å². The Morgan fingerprint density at radius 2 is 2.00 bits per heavy atom. The van der Waals surface area contributed by atoms with E-state index < -0.39 is 0 Å². The molecule has 1 aromatic heterocycles. The maximum absolute atomic E-state index is 8.92. The van der Waals surface area contributed by atoms with Gasteiger partial charge in [0.05, 0.1) is 12.3 Å². The minimum Gasteiger partial charge on any atom is -0.389 e. The second-order valence-electron chi connectivity index (χ2n) is 4.51. The third kappa shape index (κ3) is 3.08. The zero-order valence-corrected chi connectivity index (χ0v) is 9.53. The van der Waals surface area contributed by atoms with Gasteiger partial charge in [-0.3, -0.25) is 0 Å². The van der Waals surface area contributed by atoms with Gasteiger partial charge in [0.15, 0.2) is 0 Å². The number of aliphatic hydroxyl groups excluding tert-OH is 1. The molecule has 0 atom stereocenters. The van der Waals surface area contributed by atoms with Gasteiger partial charge in [0, 0.05) is 4.88 Å². The third-order valence-electron chi connectivity index (χ3n) is 1.76. The Hall–Kier alpha value is -0.410. The van der Waals surface area contributed by atoms with E-state index in [0.29, 0.717) is 5.41 Å². The molecule has 0 unspecified atom stereocenters. The molecule has 0 saturated heterocycles. The average molecular weight is 199 g/mol. The van der Waals surface area contributed by atoms with E-state index in [2.05, 4.69) is 25.8 Å². The van der Waals surface area contributed by atoms with Crippen LogP contribution in [0.4, 0.5) is 0 Å². The van der Waals surface area contributed by atoms with E-state index >= 15 is 0 Å². The summed E-state index contributed by atoms with van der Waals surface area (Å²) in [5, 5.41) is 9.75. The molecule has 0 aliphatic heterocycles. The van der Waals surface area contributed by atoms with E-state index in [1.165, 1.54) is 4.88 Å². The van der Waals surface area contributed by atoms with Crippen LogP contribution in [0.2, 0.25) is 0 Å². The molecular weight excluding hydrogens is 182 g/mol. The molecule has 0 amide bonds. The fourth-order valence-corrected chi connectivity index (χ4v) is 2.43. The van der Waals surface area contributed by atoms with Crippen molar-refractivity contribution in [2.45, 2.75) is 40.7 Å². The van der Waals surface area contributed by atoms with Crippen molar-refractivity contribution < 1.29 is 5.11 Å². The van der Waals surface area contributed by atoms with Gasteiger partial charge in [-0.05, 0) is 18.8 Å². The van der Waals surface area contributed by atoms with Crippen LogP contribution < -0.4 is 0 Å². The molecule has 2 nitrogen and oxygen atoms in total. The first-order valence-corrected chi connectivity index (χ1v) is 5.30. The normalized spacial score (nSPS) is 12.1. The SMILES string of the molecule is Cc1nc(CO)sc1CC(C)(C)C. The largest absolute Gasteiger partial charge is 0.389 e. The van der Waals surface area contributed by atoms with E-state index in [0.717, 1.165) is 17.1 Å². The van der Waals surface area contributed by atoms with Crippen molar-refractivity contribution in [1.82, 2.24) is 4.98 Å². The molecule has 0 aliphatic rings. The fraction of sp³-hybridized carbons (Fsp3) is 0.700. The Kier molecular flexibility index (Phi) is 3.09. The summed E-state index contributed by atoms with van der Waals surface area (Å²) in [6.07, 6.45) is 1.04. The predicted octanol–water partition coefficient (Wildman–Crippen LogP) is 2.53. The molecule has 0 bridgehead atoms. The van der Waals surface area contributed by atoms with Crippen molar-refractivity contribution in [2.75, 3.05) is 0 Å². The fourth-order valence-electron chi connectivity index (χ4n) is 1.20. The van der Waals surface area contributed by atoms with Gasteiger partial charge in [0.1, 0.15) is 5.01 Å². The van der Waals surface area contributed by atoms with Gasteiger partial charge in [0.25, 0.3) is 0 Å². The summed E-state index contributed by atoms with van der Waals surface area (Å²) in [6.45, 7) is 8.72. The van der Waals surface area contributed by atoms with Crippen molar-refractivity contribution in [1.29, 1.82) is 0 Å². The summed E-state index contributed by atoms with van der Waals surface area (Å²) < 4.78 is 0. The zero-order valence-electron chi connectivity index (χ0n) is 8.72. The molecule has 1 aromatic rings. The van der Waals surface area contributed by atoms with Crippen LogP contribution >= 0.6 is 11.3 Å². The third-order valence-corrected chi connectivity index (χ3v) is 2.91. The van der Waals surface area contributed by atoms with Crippen LogP contribution in [0.15, 0.2) is 0 Å². The van der Waals surface area contributed by atoms with Crippen molar-refractivity contribution in [3.05, 3.63) is 15.6 Å². The van der Waals surface area contributed by atoms with E-state index in [1.54, 1.807) is 11.3 Å². The number of aliphatic hydroxyl groups is 1. The van der Waals surface area contributed by atoms with Crippen molar-refractivity contribution >= 4 is 11.3 Å². The first kappa shape index (κ1) is 10.7. The Labute approximate surface area is 83.6 Å². The van der Waals surface area contributed by atoms with Crippen LogP contribution in [0.3, 0.4) is 0 Å². The number of hydrogen-bond donors (Lipinski definition) is 1. The Balaban J connectivity index is 2.83. The lowest BCUT2D eigenvalue weighted by atomic mass is 9.91. The van der Waals surface area contributed by atoms with Crippen LogP contribution in [-0.4, -0.2) is 10.1 Å². The molecule has 1 heterocycles. The topological polar surface area (TPSA) is 33.1 Å². The molecule has 0 fully saturated rings. The highest BCUT2D eigenvalue weighted by Gasteiger charge is 2.15. The van der Waals surface area contributed by atoms with Gasteiger partial charge in [-0.25, -0.2) is 4.98 Å². The molecule has 0 saturated carbocycles. The average Bonchev–Trinajstić information content (AvgIpc) is 2.29. The van der Waals surface area contributed by atoms with Gasteiger partial charge in [-0.15, -0.1) is 11.3 Å². The van der Waals surface area contributed by atoms with Gasteiger partial charge >= 0.3 is 0 Å². The molecule has 3 heteroatoms.